The van der Waals surface area contributed by atoms with Crippen LogP contribution in [0.25, 0.3) is 110 Å². The molecule has 1 aliphatic rings. The van der Waals surface area contributed by atoms with Gasteiger partial charge in [-0.1, -0.05) is 166 Å². The summed E-state index contributed by atoms with van der Waals surface area (Å²) in [6.45, 7) is 4.72. The second-order valence-electron chi connectivity index (χ2n) is 18.4. The highest BCUT2D eigenvalue weighted by molar-refractivity contribution is 6.12. The summed E-state index contributed by atoms with van der Waals surface area (Å²) < 4.78 is 19.5. The molecule has 13 aromatic rings. The summed E-state index contributed by atoms with van der Waals surface area (Å²) in [5.74, 6) is 0. The van der Waals surface area contributed by atoms with Crippen LogP contribution in [0.5, 0.6) is 0 Å². The minimum absolute atomic E-state index is 0.269. The van der Waals surface area contributed by atoms with Crippen LogP contribution >= 0.6 is 0 Å². The third kappa shape index (κ3) is 5.66. The normalized spacial score (nSPS) is 13.0. The van der Waals surface area contributed by atoms with Crippen molar-refractivity contribution in [1.29, 1.82) is 0 Å². The summed E-state index contributed by atoms with van der Waals surface area (Å²) in [5.41, 5.74) is 20.1. The molecule has 3 aromatic heterocycles. The zero-order chi connectivity index (χ0) is 44.4. The van der Waals surface area contributed by atoms with Gasteiger partial charge in [0.25, 0.3) is 0 Å². The van der Waals surface area contributed by atoms with Crippen molar-refractivity contribution >= 4 is 82.9 Å². The van der Waals surface area contributed by atoms with Crippen LogP contribution in [0.15, 0.2) is 226 Å². The lowest BCUT2D eigenvalue weighted by Crippen LogP contribution is -2.16. The van der Waals surface area contributed by atoms with Gasteiger partial charge in [0.2, 0.25) is 0 Å². The van der Waals surface area contributed by atoms with Gasteiger partial charge in [0, 0.05) is 71.5 Å². The van der Waals surface area contributed by atoms with Gasteiger partial charge in [-0.05, 0) is 99.6 Å². The van der Waals surface area contributed by atoms with E-state index in [0.29, 0.717) is 0 Å². The molecule has 67 heavy (non-hydrogen) atoms. The molecule has 14 rings (SSSR count). The molecule has 0 unspecified atom stereocenters. The van der Waals surface area contributed by atoms with Crippen LogP contribution in [0.2, 0.25) is 0 Å². The Hall–Kier alpha value is -8.60. The predicted octanol–water partition coefficient (Wildman–Crippen LogP) is 18.2. The molecule has 1 aliphatic carbocycles. The van der Waals surface area contributed by atoms with E-state index in [0.717, 1.165) is 116 Å². The first kappa shape index (κ1) is 37.7. The minimum atomic E-state index is -0.269. The van der Waals surface area contributed by atoms with Crippen molar-refractivity contribution in [1.82, 2.24) is 0 Å². The number of rotatable bonds is 6. The molecule has 4 nitrogen and oxygen atoms in total. The number of benzene rings is 10. The Bertz CT molecular complexity index is 3970. The summed E-state index contributed by atoms with van der Waals surface area (Å²) in [5, 5.41) is 6.78. The van der Waals surface area contributed by atoms with Gasteiger partial charge < -0.3 is 18.2 Å². The van der Waals surface area contributed by atoms with Crippen LogP contribution in [0.3, 0.4) is 0 Å². The highest BCUT2D eigenvalue weighted by Gasteiger charge is 2.36. The first-order chi connectivity index (χ1) is 33.0. The van der Waals surface area contributed by atoms with Gasteiger partial charge in [-0.15, -0.1) is 0 Å². The maximum Gasteiger partial charge on any atom is 0.143 e. The minimum Gasteiger partial charge on any atom is -0.455 e. The van der Waals surface area contributed by atoms with Crippen molar-refractivity contribution in [3.8, 4) is 44.5 Å². The first-order valence-electron chi connectivity index (χ1n) is 23.0. The summed E-state index contributed by atoms with van der Waals surface area (Å²) in [7, 11) is 0. The van der Waals surface area contributed by atoms with E-state index in [-0.39, 0.29) is 5.41 Å². The number of fused-ring (bicyclic) bond motifs is 12. The average molecular weight is 860 g/mol. The van der Waals surface area contributed by atoms with Crippen molar-refractivity contribution in [2.45, 2.75) is 19.3 Å². The molecule has 3 heterocycles. The molecule has 0 bridgehead atoms. The standard InChI is InChI=1S/C63H41NO3/c1-63(2)55-36-40(46-17-11-20-54-51-14-5-8-23-59(51)67-62(46)54)28-34-47(55)48-35-33-43(37-56(48)63)64(41-29-24-38(25-30-41)44-15-9-18-52-49-12-3-6-21-57(49)65-60(44)52)42-31-26-39(27-32-42)45-16-10-19-53-50-13-4-7-22-58(50)66-61(45)53/h3-37H,1-2H3. The largest absolute Gasteiger partial charge is 0.455 e. The smallest absolute Gasteiger partial charge is 0.143 e. The van der Waals surface area contributed by atoms with E-state index >= 15 is 0 Å². The molecule has 0 fully saturated rings. The Kier molecular flexibility index (Phi) is 8.00. The molecule has 0 radical (unpaired) electrons. The number of anilines is 3. The van der Waals surface area contributed by atoms with E-state index in [1.807, 2.05) is 30.3 Å². The maximum absolute atomic E-state index is 6.51. The number of furan rings is 3. The molecule has 0 atom stereocenters. The summed E-state index contributed by atoms with van der Waals surface area (Å²) in [4.78, 5) is 2.38. The average Bonchev–Trinajstić information content (AvgIpc) is 4.13. The molecular formula is C63H41NO3. The monoisotopic (exact) mass is 859 g/mol. The molecule has 0 amide bonds. The van der Waals surface area contributed by atoms with E-state index in [9.17, 15) is 0 Å². The third-order valence-electron chi connectivity index (χ3n) is 14.3. The quantitative estimate of drug-likeness (QED) is 0.167. The topological polar surface area (TPSA) is 42.7 Å². The number of para-hydroxylation sites is 6. The highest BCUT2D eigenvalue weighted by Crippen LogP contribution is 2.52. The van der Waals surface area contributed by atoms with Crippen molar-refractivity contribution in [3.05, 3.63) is 223 Å². The van der Waals surface area contributed by atoms with Crippen LogP contribution in [0, 0.1) is 0 Å². The number of hydrogen-bond acceptors (Lipinski definition) is 4. The van der Waals surface area contributed by atoms with E-state index in [1.54, 1.807) is 0 Å². The van der Waals surface area contributed by atoms with Crippen molar-refractivity contribution in [2.24, 2.45) is 0 Å². The Morgan fingerprint density at radius 2 is 0.657 bits per heavy atom. The molecule has 0 aliphatic heterocycles. The summed E-state index contributed by atoms with van der Waals surface area (Å²) >= 11 is 0. The van der Waals surface area contributed by atoms with Gasteiger partial charge in [0.1, 0.15) is 33.5 Å². The van der Waals surface area contributed by atoms with Crippen LogP contribution in [0.1, 0.15) is 25.0 Å². The third-order valence-corrected chi connectivity index (χ3v) is 14.3. The lowest BCUT2D eigenvalue weighted by Gasteiger charge is -2.28. The van der Waals surface area contributed by atoms with Gasteiger partial charge in [-0.2, -0.15) is 0 Å². The van der Waals surface area contributed by atoms with Crippen LogP contribution < -0.4 is 4.90 Å². The van der Waals surface area contributed by atoms with E-state index in [4.69, 9.17) is 13.3 Å². The lowest BCUT2D eigenvalue weighted by molar-refractivity contribution is 0.660. The highest BCUT2D eigenvalue weighted by atomic mass is 16.3. The van der Waals surface area contributed by atoms with Gasteiger partial charge in [0.05, 0.1) is 0 Å². The zero-order valence-corrected chi connectivity index (χ0v) is 36.9. The molecule has 316 valence electrons. The predicted molar refractivity (Wildman–Crippen MR) is 277 cm³/mol. The van der Waals surface area contributed by atoms with Gasteiger partial charge >= 0.3 is 0 Å². The van der Waals surface area contributed by atoms with Gasteiger partial charge in [-0.25, -0.2) is 0 Å². The summed E-state index contributed by atoms with van der Waals surface area (Å²) in [6.07, 6.45) is 0. The molecule has 0 saturated carbocycles. The van der Waals surface area contributed by atoms with Crippen molar-refractivity contribution in [2.75, 3.05) is 4.90 Å². The Labute approximate surface area is 386 Å². The Balaban J connectivity index is 0.879. The first-order valence-corrected chi connectivity index (χ1v) is 23.0. The molecule has 0 saturated heterocycles. The van der Waals surface area contributed by atoms with E-state index < -0.39 is 0 Å². The van der Waals surface area contributed by atoms with Gasteiger partial charge in [0.15, 0.2) is 0 Å². The van der Waals surface area contributed by atoms with Crippen LogP contribution in [0.4, 0.5) is 17.1 Å². The fourth-order valence-corrected chi connectivity index (χ4v) is 11.0. The van der Waals surface area contributed by atoms with Crippen LogP contribution in [-0.2, 0) is 5.41 Å². The van der Waals surface area contributed by atoms with Crippen molar-refractivity contribution < 1.29 is 13.3 Å². The molecule has 0 N–H and O–H groups in total. The van der Waals surface area contributed by atoms with E-state index in [1.165, 1.54) is 22.3 Å². The maximum atomic E-state index is 6.51. The number of hydrogen-bond donors (Lipinski definition) is 0. The van der Waals surface area contributed by atoms with E-state index in [2.05, 4.69) is 201 Å². The Morgan fingerprint density at radius 3 is 1.12 bits per heavy atom. The second kappa shape index (κ2) is 14.2. The van der Waals surface area contributed by atoms with Gasteiger partial charge in [-0.3, -0.25) is 0 Å². The molecule has 4 heteroatoms. The van der Waals surface area contributed by atoms with Crippen molar-refractivity contribution in [3.63, 3.8) is 0 Å². The molecule has 0 spiro atoms. The molecular weight excluding hydrogens is 819 g/mol. The second-order valence-corrected chi connectivity index (χ2v) is 18.4. The number of nitrogens with zero attached hydrogens (tertiary/aromatic N) is 1. The SMILES string of the molecule is CC1(C)c2cc(-c3cccc4c3oc3ccccc34)ccc2-c2ccc(N(c3ccc(-c4cccc5c4oc4ccccc45)cc3)c3ccc(-c4cccc5c4oc4ccccc45)cc3)cc21. The molecule has 10 aromatic carbocycles. The Morgan fingerprint density at radius 1 is 0.299 bits per heavy atom. The fraction of sp³-hybridized carbons (Fsp3) is 0.0476. The fourth-order valence-electron chi connectivity index (χ4n) is 11.0. The van der Waals surface area contributed by atoms with Crippen LogP contribution in [-0.4, -0.2) is 0 Å². The lowest BCUT2D eigenvalue weighted by atomic mass is 9.81. The summed E-state index contributed by atoms with van der Waals surface area (Å²) in [6, 6.07) is 76.0. The zero-order valence-electron chi connectivity index (χ0n) is 36.9.